The van der Waals surface area contributed by atoms with Crippen molar-refractivity contribution in [3.63, 3.8) is 0 Å². The van der Waals surface area contributed by atoms with Gasteiger partial charge >= 0.3 is 6.01 Å². The molecular formula is C20H12ClN5O2. The highest BCUT2D eigenvalue weighted by Crippen LogP contribution is 2.28. The Bertz CT molecular complexity index is 1320. The zero-order valence-electron chi connectivity index (χ0n) is 14.3. The third kappa shape index (κ3) is 2.87. The standard InChI is InChI=1S/C20H12ClN5O2/c21-13-1-3-14(4-2-13)26-18-6-5-15(9-12(18)10-23-26)28-20-24-17-11-22-8-7-16(17)19(27)25-20/h1-11H,(H,24,25,27). The first kappa shape index (κ1) is 16.5. The summed E-state index contributed by atoms with van der Waals surface area (Å²) < 4.78 is 7.56. The fourth-order valence-electron chi connectivity index (χ4n) is 2.96. The second-order valence-corrected chi connectivity index (χ2v) is 6.51. The number of ether oxygens (including phenoxy) is 1. The largest absolute Gasteiger partial charge is 0.493 e. The number of hydrogen-bond acceptors (Lipinski definition) is 6. The quantitative estimate of drug-likeness (QED) is 0.488. The van der Waals surface area contributed by atoms with E-state index >= 15 is 0 Å². The molecule has 28 heavy (non-hydrogen) atoms. The van der Waals surface area contributed by atoms with E-state index in [1.54, 1.807) is 30.7 Å². The molecule has 0 saturated carbocycles. The predicted molar refractivity (Wildman–Crippen MR) is 105 cm³/mol. The average Bonchev–Trinajstić information content (AvgIpc) is 3.12. The lowest BCUT2D eigenvalue weighted by Gasteiger charge is -2.07. The van der Waals surface area contributed by atoms with E-state index in [1.165, 1.54) is 0 Å². The number of aromatic nitrogens is 5. The van der Waals surface area contributed by atoms with Gasteiger partial charge in [-0.05, 0) is 48.5 Å². The minimum absolute atomic E-state index is 0.0439. The van der Waals surface area contributed by atoms with E-state index in [2.05, 4.69) is 20.1 Å². The fourth-order valence-corrected chi connectivity index (χ4v) is 3.08. The number of rotatable bonds is 3. The third-order valence-electron chi connectivity index (χ3n) is 4.28. The number of aromatic hydroxyl groups is 1. The Hall–Kier alpha value is -3.71. The Morgan fingerprint density at radius 3 is 2.68 bits per heavy atom. The molecule has 136 valence electrons. The van der Waals surface area contributed by atoms with E-state index in [-0.39, 0.29) is 11.9 Å². The van der Waals surface area contributed by atoms with Crippen LogP contribution in [0.1, 0.15) is 0 Å². The van der Waals surface area contributed by atoms with Gasteiger partial charge in [0.1, 0.15) is 5.75 Å². The molecule has 5 aromatic rings. The molecule has 1 N–H and O–H groups in total. The Morgan fingerprint density at radius 1 is 0.964 bits per heavy atom. The molecule has 0 aliphatic heterocycles. The normalized spacial score (nSPS) is 11.2. The van der Waals surface area contributed by atoms with Crippen molar-refractivity contribution >= 4 is 33.4 Å². The average molecular weight is 390 g/mol. The lowest BCUT2D eigenvalue weighted by atomic mass is 10.2. The van der Waals surface area contributed by atoms with Crippen LogP contribution < -0.4 is 4.74 Å². The molecule has 0 bridgehead atoms. The number of hydrogen-bond donors (Lipinski definition) is 1. The molecule has 0 atom stereocenters. The van der Waals surface area contributed by atoms with E-state index in [0.29, 0.717) is 21.7 Å². The molecule has 8 heteroatoms. The van der Waals surface area contributed by atoms with Gasteiger partial charge in [0.2, 0.25) is 5.88 Å². The molecule has 0 aliphatic rings. The van der Waals surface area contributed by atoms with E-state index < -0.39 is 0 Å². The summed E-state index contributed by atoms with van der Waals surface area (Å²) in [5, 5.41) is 16.6. The van der Waals surface area contributed by atoms with Crippen molar-refractivity contribution < 1.29 is 9.84 Å². The molecule has 7 nitrogen and oxygen atoms in total. The van der Waals surface area contributed by atoms with E-state index in [1.807, 2.05) is 41.1 Å². The molecule has 0 saturated heterocycles. The molecule has 0 radical (unpaired) electrons. The van der Waals surface area contributed by atoms with Gasteiger partial charge in [0.25, 0.3) is 0 Å². The number of benzene rings is 2. The molecule has 0 spiro atoms. The Morgan fingerprint density at radius 2 is 1.82 bits per heavy atom. The first-order valence-electron chi connectivity index (χ1n) is 8.40. The maximum atomic E-state index is 10.1. The van der Waals surface area contributed by atoms with Gasteiger partial charge in [0.05, 0.1) is 34.5 Å². The van der Waals surface area contributed by atoms with Gasteiger partial charge in [-0.15, -0.1) is 0 Å². The zero-order chi connectivity index (χ0) is 19.1. The van der Waals surface area contributed by atoms with Crippen LogP contribution in [0.2, 0.25) is 5.02 Å². The second-order valence-electron chi connectivity index (χ2n) is 6.08. The van der Waals surface area contributed by atoms with Crippen LogP contribution in [-0.2, 0) is 0 Å². The first-order valence-corrected chi connectivity index (χ1v) is 8.77. The van der Waals surface area contributed by atoms with Gasteiger partial charge in [-0.1, -0.05) is 11.6 Å². The van der Waals surface area contributed by atoms with Gasteiger partial charge in [-0.25, -0.2) is 4.68 Å². The third-order valence-corrected chi connectivity index (χ3v) is 4.53. The van der Waals surface area contributed by atoms with Crippen molar-refractivity contribution in [2.24, 2.45) is 0 Å². The molecule has 0 unspecified atom stereocenters. The predicted octanol–water partition coefficient (Wildman–Crippen LogP) is 4.52. The highest BCUT2D eigenvalue weighted by Gasteiger charge is 2.11. The van der Waals surface area contributed by atoms with Crippen LogP contribution in [0.5, 0.6) is 17.6 Å². The lowest BCUT2D eigenvalue weighted by molar-refractivity contribution is 0.412. The van der Waals surface area contributed by atoms with Crippen molar-refractivity contribution in [2.45, 2.75) is 0 Å². The van der Waals surface area contributed by atoms with Crippen LogP contribution in [0.3, 0.4) is 0 Å². The van der Waals surface area contributed by atoms with Crippen molar-refractivity contribution in [1.82, 2.24) is 24.7 Å². The van der Waals surface area contributed by atoms with Gasteiger partial charge in [0.15, 0.2) is 0 Å². The fraction of sp³-hybridized carbons (Fsp3) is 0. The number of fused-ring (bicyclic) bond motifs is 2. The summed E-state index contributed by atoms with van der Waals surface area (Å²) in [5.41, 5.74) is 2.33. The summed E-state index contributed by atoms with van der Waals surface area (Å²) in [6, 6.07) is 14.7. The van der Waals surface area contributed by atoms with Gasteiger partial charge < -0.3 is 9.84 Å². The van der Waals surface area contributed by atoms with Crippen LogP contribution in [0.4, 0.5) is 0 Å². The summed E-state index contributed by atoms with van der Waals surface area (Å²) in [4.78, 5) is 12.3. The minimum Gasteiger partial charge on any atom is -0.493 e. The van der Waals surface area contributed by atoms with Crippen molar-refractivity contribution in [3.05, 3.63) is 72.1 Å². The summed E-state index contributed by atoms with van der Waals surface area (Å²) in [6.45, 7) is 0. The molecule has 0 fully saturated rings. The van der Waals surface area contributed by atoms with Crippen molar-refractivity contribution in [3.8, 4) is 23.3 Å². The van der Waals surface area contributed by atoms with E-state index in [0.717, 1.165) is 16.6 Å². The molecule has 3 heterocycles. The van der Waals surface area contributed by atoms with Gasteiger partial charge in [-0.2, -0.15) is 15.1 Å². The SMILES string of the molecule is Oc1nc(Oc2ccc3c(cnn3-c3ccc(Cl)cc3)c2)nc2cnccc12. The second kappa shape index (κ2) is 6.47. The highest BCUT2D eigenvalue weighted by atomic mass is 35.5. The molecule has 5 rings (SSSR count). The Kier molecular flexibility index (Phi) is 3.80. The van der Waals surface area contributed by atoms with Crippen LogP contribution in [0.15, 0.2) is 67.1 Å². The first-order chi connectivity index (χ1) is 13.7. The Balaban J connectivity index is 1.50. The van der Waals surface area contributed by atoms with Crippen LogP contribution >= 0.6 is 11.6 Å². The zero-order valence-corrected chi connectivity index (χ0v) is 15.1. The molecule has 2 aromatic carbocycles. The number of nitrogens with zero attached hydrogens (tertiary/aromatic N) is 5. The molecule has 3 aromatic heterocycles. The molecule has 0 aliphatic carbocycles. The van der Waals surface area contributed by atoms with Crippen LogP contribution in [0, 0.1) is 0 Å². The van der Waals surface area contributed by atoms with Gasteiger partial charge in [0, 0.05) is 16.6 Å². The maximum absolute atomic E-state index is 10.1. The highest BCUT2D eigenvalue weighted by molar-refractivity contribution is 6.30. The van der Waals surface area contributed by atoms with Crippen LogP contribution in [0.25, 0.3) is 27.5 Å². The van der Waals surface area contributed by atoms with E-state index in [4.69, 9.17) is 16.3 Å². The van der Waals surface area contributed by atoms with Crippen molar-refractivity contribution in [1.29, 1.82) is 0 Å². The van der Waals surface area contributed by atoms with Crippen molar-refractivity contribution in [2.75, 3.05) is 0 Å². The summed E-state index contributed by atoms with van der Waals surface area (Å²) in [7, 11) is 0. The van der Waals surface area contributed by atoms with Crippen LogP contribution in [-0.4, -0.2) is 29.8 Å². The minimum atomic E-state index is -0.154. The monoisotopic (exact) mass is 389 g/mol. The van der Waals surface area contributed by atoms with Gasteiger partial charge in [-0.3, -0.25) is 4.98 Å². The topological polar surface area (TPSA) is 86.0 Å². The lowest BCUT2D eigenvalue weighted by Crippen LogP contribution is -1.96. The number of halogens is 1. The smallest absolute Gasteiger partial charge is 0.325 e. The molecule has 0 amide bonds. The Labute approximate surface area is 163 Å². The summed E-state index contributed by atoms with van der Waals surface area (Å²) >= 11 is 5.96. The molecular weight excluding hydrogens is 378 g/mol. The number of pyridine rings is 1. The summed E-state index contributed by atoms with van der Waals surface area (Å²) in [5.74, 6) is 0.379. The van der Waals surface area contributed by atoms with E-state index in [9.17, 15) is 5.11 Å². The summed E-state index contributed by atoms with van der Waals surface area (Å²) in [6.07, 6.45) is 4.86. The maximum Gasteiger partial charge on any atom is 0.325 e.